The van der Waals surface area contributed by atoms with E-state index in [1.807, 2.05) is 35.2 Å². The van der Waals surface area contributed by atoms with Crippen molar-refractivity contribution in [3.8, 4) is 0 Å². The molecule has 0 aliphatic carbocycles. The molecular weight excluding hydrogens is 377 g/mol. The largest absolute Gasteiger partial charge is 0.341 e. The van der Waals surface area contributed by atoms with Crippen molar-refractivity contribution in [1.29, 1.82) is 0 Å². The summed E-state index contributed by atoms with van der Waals surface area (Å²) >= 11 is 1.48. The highest BCUT2D eigenvalue weighted by Gasteiger charge is 2.27. The van der Waals surface area contributed by atoms with Gasteiger partial charge in [0.1, 0.15) is 11.9 Å². The molecule has 0 saturated carbocycles. The highest BCUT2D eigenvalue weighted by atomic mass is 32.2. The van der Waals surface area contributed by atoms with Crippen molar-refractivity contribution >= 4 is 23.6 Å². The highest BCUT2D eigenvalue weighted by molar-refractivity contribution is 7.99. The van der Waals surface area contributed by atoms with Gasteiger partial charge < -0.3 is 4.90 Å². The predicted molar refractivity (Wildman–Crippen MR) is 108 cm³/mol. The number of nitrogens with zero attached hydrogens (tertiary/aromatic N) is 1. The summed E-state index contributed by atoms with van der Waals surface area (Å²) in [5.74, 6) is 0.0743. The van der Waals surface area contributed by atoms with Crippen LogP contribution in [0, 0.1) is 5.82 Å². The number of benzene rings is 2. The molecule has 148 valence electrons. The zero-order valence-corrected chi connectivity index (χ0v) is 16.4. The van der Waals surface area contributed by atoms with Crippen LogP contribution in [0.25, 0.3) is 0 Å². The summed E-state index contributed by atoms with van der Waals surface area (Å²) in [5.41, 5.74) is 6.41. The lowest BCUT2D eigenvalue weighted by atomic mass is 10.1. The van der Waals surface area contributed by atoms with E-state index in [2.05, 4.69) is 10.9 Å². The van der Waals surface area contributed by atoms with Gasteiger partial charge in [-0.3, -0.25) is 15.0 Å². The van der Waals surface area contributed by atoms with Gasteiger partial charge in [0.05, 0.1) is 0 Å². The van der Waals surface area contributed by atoms with Gasteiger partial charge in [-0.15, -0.1) is 11.8 Å². The number of hydrazine groups is 1. The highest BCUT2D eigenvalue weighted by Crippen LogP contribution is 2.20. The van der Waals surface area contributed by atoms with Crippen molar-refractivity contribution in [3.05, 3.63) is 66.0 Å². The smallest absolute Gasteiger partial charge is 0.246 e. The van der Waals surface area contributed by atoms with E-state index in [1.165, 1.54) is 23.9 Å². The van der Waals surface area contributed by atoms with E-state index in [9.17, 15) is 14.0 Å². The molecule has 1 aliphatic heterocycles. The molecule has 0 bridgehead atoms. The summed E-state index contributed by atoms with van der Waals surface area (Å²) in [6, 6.07) is 15.0. The Hall–Kier alpha value is -2.38. The van der Waals surface area contributed by atoms with Crippen molar-refractivity contribution < 1.29 is 14.0 Å². The predicted octanol–water partition coefficient (Wildman–Crippen LogP) is 3.29. The van der Waals surface area contributed by atoms with Crippen LogP contribution in [-0.2, 0) is 9.59 Å². The minimum absolute atomic E-state index is 0.0234. The minimum atomic E-state index is -0.604. The van der Waals surface area contributed by atoms with Crippen molar-refractivity contribution in [2.24, 2.45) is 0 Å². The average Bonchev–Trinajstić information content (AvgIpc) is 3.25. The number of thioether (sulfide) groups is 1. The number of hydrogen-bond acceptors (Lipinski definition) is 4. The molecule has 0 aromatic heterocycles. The van der Waals surface area contributed by atoms with Crippen molar-refractivity contribution in [1.82, 2.24) is 15.8 Å². The van der Waals surface area contributed by atoms with E-state index >= 15 is 0 Å². The monoisotopic (exact) mass is 401 g/mol. The second kappa shape index (κ2) is 10.2. The third-order valence-corrected chi connectivity index (χ3v) is 5.58. The number of amides is 2. The molecule has 2 aromatic carbocycles. The Balaban J connectivity index is 1.51. The summed E-state index contributed by atoms with van der Waals surface area (Å²) in [6.07, 6.45) is 2.31. The Kier molecular flexibility index (Phi) is 7.45. The molecule has 1 saturated heterocycles. The van der Waals surface area contributed by atoms with Gasteiger partial charge in [0, 0.05) is 30.2 Å². The zero-order chi connectivity index (χ0) is 19.8. The molecule has 28 heavy (non-hydrogen) atoms. The number of likely N-dealkylation sites (tertiary alicyclic amines) is 1. The number of hydrogen-bond donors (Lipinski definition) is 2. The maximum absolute atomic E-state index is 12.9. The maximum atomic E-state index is 12.9. The Morgan fingerprint density at radius 2 is 1.71 bits per heavy atom. The summed E-state index contributed by atoms with van der Waals surface area (Å²) in [7, 11) is 0. The third kappa shape index (κ3) is 5.81. The van der Waals surface area contributed by atoms with Crippen molar-refractivity contribution in [2.45, 2.75) is 30.2 Å². The van der Waals surface area contributed by atoms with Crippen LogP contribution in [0.5, 0.6) is 0 Å². The zero-order valence-electron chi connectivity index (χ0n) is 15.6. The first-order valence-electron chi connectivity index (χ1n) is 9.40. The quantitative estimate of drug-likeness (QED) is 0.526. The number of nitrogens with one attached hydrogen (secondary N) is 2. The normalized spacial score (nSPS) is 14.7. The lowest BCUT2D eigenvalue weighted by Gasteiger charge is -2.24. The fourth-order valence-electron chi connectivity index (χ4n) is 3.06. The Bertz CT molecular complexity index is 780. The number of rotatable bonds is 8. The van der Waals surface area contributed by atoms with Gasteiger partial charge in [-0.25, -0.2) is 9.82 Å². The molecule has 5 nitrogen and oxygen atoms in total. The molecule has 1 heterocycles. The first-order chi connectivity index (χ1) is 13.6. The van der Waals surface area contributed by atoms with Crippen LogP contribution in [0.3, 0.4) is 0 Å². The van der Waals surface area contributed by atoms with Gasteiger partial charge >= 0.3 is 0 Å². The molecular formula is C21H24FN3O2S. The van der Waals surface area contributed by atoms with E-state index in [0.717, 1.165) is 36.4 Å². The molecule has 7 heteroatoms. The third-order valence-electron chi connectivity index (χ3n) is 4.57. The molecule has 1 fully saturated rings. The summed E-state index contributed by atoms with van der Waals surface area (Å²) in [5, 5.41) is 0. The van der Waals surface area contributed by atoms with Crippen molar-refractivity contribution in [2.75, 3.05) is 18.8 Å². The summed E-state index contributed by atoms with van der Waals surface area (Å²) in [4.78, 5) is 27.8. The molecule has 3 rings (SSSR count). The molecule has 0 spiro atoms. The van der Waals surface area contributed by atoms with E-state index in [1.54, 1.807) is 12.1 Å². The fourth-order valence-corrected chi connectivity index (χ4v) is 3.91. The summed E-state index contributed by atoms with van der Waals surface area (Å²) in [6.45, 7) is 1.51. The minimum Gasteiger partial charge on any atom is -0.341 e. The van der Waals surface area contributed by atoms with E-state index in [0.29, 0.717) is 5.75 Å². The summed E-state index contributed by atoms with van der Waals surface area (Å²) < 4.78 is 12.9. The van der Waals surface area contributed by atoms with E-state index in [4.69, 9.17) is 0 Å². The van der Waals surface area contributed by atoms with Crippen molar-refractivity contribution in [3.63, 3.8) is 0 Å². The molecule has 1 atom stereocenters. The average molecular weight is 402 g/mol. The van der Waals surface area contributed by atoms with E-state index < -0.39 is 6.04 Å². The number of carbonyl (C=O) groups excluding carboxylic acids is 2. The van der Waals surface area contributed by atoms with E-state index in [-0.39, 0.29) is 24.1 Å². The van der Waals surface area contributed by atoms with Crippen LogP contribution in [0.2, 0.25) is 0 Å². The fraction of sp³-hybridized carbons (Fsp3) is 0.333. The molecule has 1 unspecified atom stereocenters. The van der Waals surface area contributed by atoms with Gasteiger partial charge in [-0.05, 0) is 42.7 Å². The van der Waals surface area contributed by atoms with Crippen LogP contribution in [0.4, 0.5) is 4.39 Å². The maximum Gasteiger partial charge on any atom is 0.246 e. The first kappa shape index (κ1) is 20.4. The van der Waals surface area contributed by atoms with Crippen LogP contribution in [0.15, 0.2) is 59.5 Å². The number of carbonyl (C=O) groups is 2. The molecule has 2 amide bonds. The standard InChI is InChI=1S/C21H24FN3O2S/c22-17-8-10-18(11-9-17)28-15-12-19(26)23-24-20(16-6-2-1-3-7-16)21(27)25-13-4-5-14-25/h1-3,6-11,20,24H,4-5,12-15H2,(H,23,26). The van der Waals surface area contributed by atoms with Crippen LogP contribution in [-0.4, -0.2) is 35.6 Å². The van der Waals surface area contributed by atoms with Crippen LogP contribution in [0.1, 0.15) is 30.9 Å². The lowest BCUT2D eigenvalue weighted by Crippen LogP contribution is -2.47. The molecule has 1 aliphatic rings. The van der Waals surface area contributed by atoms with Crippen LogP contribution < -0.4 is 10.9 Å². The molecule has 0 radical (unpaired) electrons. The van der Waals surface area contributed by atoms with Gasteiger partial charge in [0.25, 0.3) is 0 Å². The second-order valence-corrected chi connectivity index (χ2v) is 7.79. The van der Waals surface area contributed by atoms with Gasteiger partial charge in [0.2, 0.25) is 11.8 Å². The topological polar surface area (TPSA) is 61.4 Å². The number of halogens is 1. The Morgan fingerprint density at radius 1 is 1.04 bits per heavy atom. The second-order valence-electron chi connectivity index (χ2n) is 6.62. The SMILES string of the molecule is O=C(CCSc1ccc(F)cc1)NNC(C(=O)N1CCCC1)c1ccccc1. The molecule has 2 N–H and O–H groups in total. The van der Waals surface area contributed by atoms with Gasteiger partial charge in [-0.2, -0.15) is 0 Å². The molecule has 2 aromatic rings. The van der Waals surface area contributed by atoms with Gasteiger partial charge in [0.15, 0.2) is 0 Å². The Morgan fingerprint density at radius 3 is 2.39 bits per heavy atom. The first-order valence-corrected chi connectivity index (χ1v) is 10.4. The lowest BCUT2D eigenvalue weighted by molar-refractivity contribution is -0.133. The van der Waals surface area contributed by atoms with Crippen LogP contribution >= 0.6 is 11.8 Å². The van der Waals surface area contributed by atoms with Gasteiger partial charge in [-0.1, -0.05) is 30.3 Å². The Labute approximate surface area is 168 Å².